The van der Waals surface area contributed by atoms with Crippen molar-refractivity contribution in [1.82, 2.24) is 10.2 Å². The van der Waals surface area contributed by atoms with Gasteiger partial charge in [-0.25, -0.2) is 9.79 Å². The highest BCUT2D eigenvalue weighted by molar-refractivity contribution is 14.0. The summed E-state index contributed by atoms with van der Waals surface area (Å²) in [6, 6.07) is 0. The molecule has 0 bridgehead atoms. The third-order valence-electron chi connectivity index (χ3n) is 4.34. The van der Waals surface area contributed by atoms with Gasteiger partial charge in [-0.05, 0) is 31.4 Å². The SMILES string of the molecule is CCOC(=O)N1CCC2(C=C(N)C3=C2CNC=N3)CC1.I. The van der Waals surface area contributed by atoms with Gasteiger partial charge in [0.15, 0.2) is 0 Å². The number of piperidine rings is 1. The topological polar surface area (TPSA) is 80.0 Å². The Bertz CT molecular complexity index is 519. The van der Waals surface area contributed by atoms with Crippen LogP contribution in [0.15, 0.2) is 28.0 Å². The number of likely N-dealkylation sites (tertiary alicyclic amines) is 1. The average molecular weight is 404 g/mol. The lowest BCUT2D eigenvalue weighted by Gasteiger charge is -2.40. The van der Waals surface area contributed by atoms with Crippen LogP contribution < -0.4 is 11.1 Å². The van der Waals surface area contributed by atoms with Gasteiger partial charge in [0.1, 0.15) is 0 Å². The fraction of sp³-hybridized carbons (Fsp3) is 0.571. The van der Waals surface area contributed by atoms with Crippen molar-refractivity contribution in [2.24, 2.45) is 16.1 Å². The second-order valence-electron chi connectivity index (χ2n) is 5.41. The van der Waals surface area contributed by atoms with Crippen LogP contribution in [0.4, 0.5) is 4.79 Å². The first-order valence-corrected chi connectivity index (χ1v) is 7.06. The number of halogens is 1. The molecule has 3 aliphatic rings. The molecule has 1 aliphatic carbocycles. The van der Waals surface area contributed by atoms with Crippen molar-refractivity contribution in [3.8, 4) is 0 Å². The van der Waals surface area contributed by atoms with Gasteiger partial charge < -0.3 is 20.7 Å². The summed E-state index contributed by atoms with van der Waals surface area (Å²) in [5, 5.41) is 3.16. The van der Waals surface area contributed by atoms with E-state index in [-0.39, 0.29) is 35.5 Å². The van der Waals surface area contributed by atoms with E-state index in [9.17, 15) is 4.79 Å². The number of hydrogen-bond donors (Lipinski definition) is 2. The number of aliphatic imine (C=N–C) groups is 1. The van der Waals surface area contributed by atoms with E-state index >= 15 is 0 Å². The summed E-state index contributed by atoms with van der Waals surface area (Å²) < 4.78 is 5.06. The van der Waals surface area contributed by atoms with Gasteiger partial charge in [-0.3, -0.25) is 0 Å². The molecule has 7 heteroatoms. The van der Waals surface area contributed by atoms with Crippen LogP contribution in [0.1, 0.15) is 19.8 Å². The van der Waals surface area contributed by atoms with Crippen LogP contribution in [0.2, 0.25) is 0 Å². The molecule has 0 unspecified atom stereocenters. The molecule has 21 heavy (non-hydrogen) atoms. The van der Waals surface area contributed by atoms with E-state index < -0.39 is 0 Å². The first-order valence-electron chi connectivity index (χ1n) is 7.06. The second kappa shape index (κ2) is 6.25. The highest BCUT2D eigenvalue weighted by atomic mass is 127. The highest BCUT2D eigenvalue weighted by Crippen LogP contribution is 2.47. The van der Waals surface area contributed by atoms with E-state index in [2.05, 4.69) is 16.4 Å². The first-order chi connectivity index (χ1) is 9.66. The number of allylic oxidation sites excluding steroid dienone is 1. The minimum absolute atomic E-state index is 0. The van der Waals surface area contributed by atoms with Crippen molar-refractivity contribution >= 4 is 36.4 Å². The molecule has 0 aromatic heterocycles. The Labute approximate surface area is 141 Å². The number of ether oxygens (including phenoxy) is 1. The van der Waals surface area contributed by atoms with Gasteiger partial charge >= 0.3 is 6.09 Å². The second-order valence-corrected chi connectivity index (χ2v) is 5.41. The van der Waals surface area contributed by atoms with E-state index in [1.165, 1.54) is 5.57 Å². The van der Waals surface area contributed by atoms with E-state index in [4.69, 9.17) is 10.5 Å². The number of carbonyl (C=O) groups is 1. The molecule has 1 fully saturated rings. The van der Waals surface area contributed by atoms with Gasteiger partial charge in [0.25, 0.3) is 0 Å². The number of nitrogens with zero attached hydrogens (tertiary/aromatic N) is 2. The molecule has 116 valence electrons. The van der Waals surface area contributed by atoms with Gasteiger partial charge in [-0.2, -0.15) is 0 Å². The summed E-state index contributed by atoms with van der Waals surface area (Å²) in [7, 11) is 0. The Balaban J connectivity index is 0.00000161. The number of hydrogen-bond acceptors (Lipinski definition) is 5. The number of rotatable bonds is 1. The molecule has 3 rings (SSSR count). The normalized spacial score (nSPS) is 22.3. The molecule has 0 atom stereocenters. The number of carbonyl (C=O) groups excluding carboxylic acids is 1. The van der Waals surface area contributed by atoms with Crippen molar-refractivity contribution in [3.63, 3.8) is 0 Å². The summed E-state index contributed by atoms with van der Waals surface area (Å²) in [4.78, 5) is 17.9. The summed E-state index contributed by atoms with van der Waals surface area (Å²) in [5.41, 5.74) is 9.01. The molecule has 0 aromatic rings. The summed E-state index contributed by atoms with van der Waals surface area (Å²) in [6.07, 6.45) is 5.37. The third-order valence-corrected chi connectivity index (χ3v) is 4.34. The molecule has 0 radical (unpaired) electrons. The average Bonchev–Trinajstić information content (AvgIpc) is 2.74. The zero-order valence-electron chi connectivity index (χ0n) is 12.1. The van der Waals surface area contributed by atoms with Crippen LogP contribution >= 0.6 is 24.0 Å². The van der Waals surface area contributed by atoms with Crippen molar-refractivity contribution in [1.29, 1.82) is 0 Å². The number of fused-ring (bicyclic) bond motifs is 1. The van der Waals surface area contributed by atoms with Crippen molar-refractivity contribution in [3.05, 3.63) is 23.0 Å². The Kier molecular flexibility index (Phi) is 4.80. The molecule has 0 saturated carbocycles. The predicted octanol–water partition coefficient (Wildman–Crippen LogP) is 1.58. The number of nitrogens with two attached hydrogens (primary N) is 1. The number of amides is 1. The van der Waals surface area contributed by atoms with Crippen molar-refractivity contribution in [2.45, 2.75) is 19.8 Å². The fourth-order valence-corrected chi connectivity index (χ4v) is 3.28. The lowest BCUT2D eigenvalue weighted by Crippen LogP contribution is -2.44. The van der Waals surface area contributed by atoms with Crippen LogP contribution in [0.5, 0.6) is 0 Å². The van der Waals surface area contributed by atoms with Crippen LogP contribution in [-0.2, 0) is 4.74 Å². The Hall–Kier alpha value is -1.25. The van der Waals surface area contributed by atoms with Crippen molar-refractivity contribution < 1.29 is 9.53 Å². The van der Waals surface area contributed by atoms with E-state index in [0.29, 0.717) is 19.7 Å². The molecule has 1 amide bonds. The molecule has 2 aliphatic heterocycles. The maximum Gasteiger partial charge on any atom is 0.409 e. The van der Waals surface area contributed by atoms with Gasteiger partial charge in [0.05, 0.1) is 24.3 Å². The monoisotopic (exact) mass is 404 g/mol. The summed E-state index contributed by atoms with van der Waals surface area (Å²) >= 11 is 0. The van der Waals surface area contributed by atoms with Crippen LogP contribution in [0.25, 0.3) is 0 Å². The van der Waals surface area contributed by atoms with E-state index in [1.807, 2.05) is 6.92 Å². The van der Waals surface area contributed by atoms with E-state index in [1.54, 1.807) is 11.2 Å². The zero-order valence-corrected chi connectivity index (χ0v) is 14.4. The summed E-state index contributed by atoms with van der Waals surface area (Å²) in [6.45, 7) is 4.43. The van der Waals surface area contributed by atoms with E-state index in [0.717, 1.165) is 30.8 Å². The van der Waals surface area contributed by atoms with Crippen LogP contribution in [0, 0.1) is 5.41 Å². The largest absolute Gasteiger partial charge is 0.450 e. The Morgan fingerprint density at radius 3 is 2.90 bits per heavy atom. The highest BCUT2D eigenvalue weighted by Gasteiger charge is 2.43. The number of nitrogens with one attached hydrogen (secondary N) is 1. The van der Waals surface area contributed by atoms with Crippen molar-refractivity contribution in [2.75, 3.05) is 26.2 Å². The Morgan fingerprint density at radius 1 is 1.52 bits per heavy atom. The molecule has 0 aromatic carbocycles. The molecule has 1 spiro atoms. The quantitative estimate of drug-likeness (QED) is 0.651. The van der Waals surface area contributed by atoms with Crippen LogP contribution in [0.3, 0.4) is 0 Å². The molecule has 6 nitrogen and oxygen atoms in total. The molecule has 3 N–H and O–H groups in total. The Morgan fingerprint density at radius 2 is 2.24 bits per heavy atom. The van der Waals surface area contributed by atoms with Gasteiger partial charge in [-0.15, -0.1) is 24.0 Å². The smallest absolute Gasteiger partial charge is 0.409 e. The third kappa shape index (κ3) is 2.75. The zero-order chi connectivity index (χ0) is 14.2. The van der Waals surface area contributed by atoms with Crippen LogP contribution in [-0.4, -0.2) is 43.6 Å². The maximum atomic E-state index is 11.8. The first kappa shape index (κ1) is 16.1. The van der Waals surface area contributed by atoms with Gasteiger partial charge in [0, 0.05) is 25.0 Å². The summed E-state index contributed by atoms with van der Waals surface area (Å²) in [5.74, 6) is 0. The lowest BCUT2D eigenvalue weighted by molar-refractivity contribution is 0.0867. The molecular formula is C14H21IN4O2. The predicted molar refractivity (Wildman–Crippen MR) is 91.5 cm³/mol. The lowest BCUT2D eigenvalue weighted by atomic mass is 9.74. The molecule has 1 saturated heterocycles. The maximum absolute atomic E-state index is 11.8. The van der Waals surface area contributed by atoms with Gasteiger partial charge in [-0.1, -0.05) is 0 Å². The fourth-order valence-electron chi connectivity index (χ4n) is 3.28. The molecular weight excluding hydrogens is 383 g/mol. The van der Waals surface area contributed by atoms with Gasteiger partial charge in [0.2, 0.25) is 0 Å². The standard InChI is InChI=1S/C14H20N4O2.HI/c1-2-20-13(19)18-5-3-14(4-6-18)7-11(15)12-10(14)8-16-9-17-12;/h7,9H,2-6,8,15H2,1H3,(H,16,17);1H. The molecule has 2 heterocycles. The minimum atomic E-state index is -0.216. The minimum Gasteiger partial charge on any atom is -0.450 e.